The molecule has 0 spiro atoms. The van der Waals surface area contributed by atoms with Crippen LogP contribution in [0, 0.1) is 5.92 Å². The SMILES string of the molecule is O=C(NCC1CC=CCC1)c1cccnc1Cl. The predicted molar refractivity (Wildman–Crippen MR) is 68.1 cm³/mol. The Kier molecular flexibility index (Phi) is 4.15. The quantitative estimate of drug-likeness (QED) is 0.662. The van der Waals surface area contributed by atoms with Gasteiger partial charge in [0.25, 0.3) is 5.91 Å². The molecule has 1 aromatic heterocycles. The van der Waals surface area contributed by atoms with Gasteiger partial charge in [-0.1, -0.05) is 23.8 Å². The Morgan fingerprint density at radius 3 is 3.12 bits per heavy atom. The zero-order chi connectivity index (χ0) is 12.1. The molecule has 1 aliphatic rings. The van der Waals surface area contributed by atoms with Crippen molar-refractivity contribution >= 4 is 17.5 Å². The normalized spacial score (nSPS) is 19.0. The van der Waals surface area contributed by atoms with E-state index in [0.29, 0.717) is 18.0 Å². The van der Waals surface area contributed by atoms with Crippen molar-refractivity contribution < 1.29 is 4.79 Å². The van der Waals surface area contributed by atoms with E-state index in [2.05, 4.69) is 22.5 Å². The van der Waals surface area contributed by atoms with Gasteiger partial charge in [-0.25, -0.2) is 4.98 Å². The Bertz CT molecular complexity index is 431. The van der Waals surface area contributed by atoms with Gasteiger partial charge in [-0.15, -0.1) is 0 Å². The number of nitrogens with one attached hydrogen (secondary N) is 1. The van der Waals surface area contributed by atoms with E-state index in [4.69, 9.17) is 11.6 Å². The van der Waals surface area contributed by atoms with Crippen LogP contribution < -0.4 is 5.32 Å². The molecule has 0 aromatic carbocycles. The summed E-state index contributed by atoms with van der Waals surface area (Å²) < 4.78 is 0. The highest BCUT2D eigenvalue weighted by atomic mass is 35.5. The summed E-state index contributed by atoms with van der Waals surface area (Å²) in [6, 6.07) is 3.40. The average molecular weight is 251 g/mol. The second-order valence-electron chi connectivity index (χ2n) is 4.20. The summed E-state index contributed by atoms with van der Waals surface area (Å²) in [5.74, 6) is 0.400. The van der Waals surface area contributed by atoms with Crippen molar-refractivity contribution in [1.82, 2.24) is 10.3 Å². The van der Waals surface area contributed by atoms with Crippen molar-refractivity contribution in [1.29, 1.82) is 0 Å². The zero-order valence-electron chi connectivity index (χ0n) is 9.53. The molecule has 1 aromatic rings. The van der Waals surface area contributed by atoms with E-state index < -0.39 is 0 Å². The van der Waals surface area contributed by atoms with Crippen molar-refractivity contribution in [3.8, 4) is 0 Å². The summed E-state index contributed by atoms with van der Waals surface area (Å²) in [6.07, 6.45) is 9.23. The van der Waals surface area contributed by atoms with E-state index in [1.165, 1.54) is 0 Å². The molecule has 1 amide bonds. The first kappa shape index (κ1) is 12.1. The number of halogens is 1. The summed E-state index contributed by atoms with van der Waals surface area (Å²) in [5.41, 5.74) is 0.445. The van der Waals surface area contributed by atoms with Gasteiger partial charge in [0, 0.05) is 12.7 Å². The van der Waals surface area contributed by atoms with Crippen LogP contribution >= 0.6 is 11.6 Å². The summed E-state index contributed by atoms with van der Waals surface area (Å²) in [5, 5.41) is 3.17. The van der Waals surface area contributed by atoms with Crippen LogP contribution in [-0.2, 0) is 0 Å². The van der Waals surface area contributed by atoms with Crippen LogP contribution in [0.5, 0.6) is 0 Å². The smallest absolute Gasteiger partial charge is 0.254 e. The highest BCUT2D eigenvalue weighted by Gasteiger charge is 2.14. The minimum Gasteiger partial charge on any atom is -0.352 e. The Balaban J connectivity index is 1.89. The van der Waals surface area contributed by atoms with Gasteiger partial charge in [0.05, 0.1) is 5.56 Å². The van der Waals surface area contributed by atoms with Crippen LogP contribution in [0.3, 0.4) is 0 Å². The fourth-order valence-corrected chi connectivity index (χ4v) is 2.13. The predicted octanol–water partition coefficient (Wildman–Crippen LogP) is 2.82. The minimum atomic E-state index is -0.141. The Morgan fingerprint density at radius 1 is 1.53 bits per heavy atom. The number of hydrogen-bond donors (Lipinski definition) is 1. The third-order valence-corrected chi connectivity index (χ3v) is 3.23. The van der Waals surface area contributed by atoms with Gasteiger partial charge < -0.3 is 5.32 Å². The molecular formula is C13H15ClN2O. The molecule has 0 saturated carbocycles. The maximum Gasteiger partial charge on any atom is 0.254 e. The van der Waals surface area contributed by atoms with Crippen molar-refractivity contribution in [3.63, 3.8) is 0 Å². The highest BCUT2D eigenvalue weighted by molar-refractivity contribution is 6.32. The fourth-order valence-electron chi connectivity index (χ4n) is 1.93. The lowest BCUT2D eigenvalue weighted by atomic mass is 9.94. The summed E-state index contributed by atoms with van der Waals surface area (Å²) >= 11 is 5.86. The number of allylic oxidation sites excluding steroid dienone is 2. The monoisotopic (exact) mass is 250 g/mol. The van der Waals surface area contributed by atoms with Gasteiger partial charge in [-0.3, -0.25) is 4.79 Å². The average Bonchev–Trinajstić information content (AvgIpc) is 2.38. The number of rotatable bonds is 3. The molecule has 1 aliphatic carbocycles. The summed E-state index contributed by atoms with van der Waals surface area (Å²) in [7, 11) is 0. The van der Waals surface area contributed by atoms with Crippen LogP contribution in [0.15, 0.2) is 30.5 Å². The van der Waals surface area contributed by atoms with Gasteiger partial charge in [-0.2, -0.15) is 0 Å². The molecule has 0 radical (unpaired) electrons. The van der Waals surface area contributed by atoms with Gasteiger partial charge in [0.1, 0.15) is 5.15 Å². The molecule has 17 heavy (non-hydrogen) atoms. The second-order valence-corrected chi connectivity index (χ2v) is 4.56. The Labute approximate surface area is 106 Å². The highest BCUT2D eigenvalue weighted by Crippen LogP contribution is 2.17. The van der Waals surface area contributed by atoms with Crippen LogP contribution in [0.1, 0.15) is 29.6 Å². The number of pyridine rings is 1. The lowest BCUT2D eigenvalue weighted by Crippen LogP contribution is -2.30. The van der Waals surface area contributed by atoms with Crippen molar-refractivity contribution in [2.24, 2.45) is 5.92 Å². The molecule has 0 aliphatic heterocycles. The van der Waals surface area contributed by atoms with E-state index in [-0.39, 0.29) is 11.1 Å². The molecular weight excluding hydrogens is 236 g/mol. The molecule has 90 valence electrons. The summed E-state index contributed by atoms with van der Waals surface area (Å²) in [6.45, 7) is 0.703. The number of aromatic nitrogens is 1. The molecule has 1 unspecified atom stereocenters. The maximum atomic E-state index is 11.9. The van der Waals surface area contributed by atoms with E-state index >= 15 is 0 Å². The zero-order valence-corrected chi connectivity index (χ0v) is 10.3. The molecule has 3 nitrogen and oxygen atoms in total. The number of carbonyl (C=O) groups excluding carboxylic acids is 1. The standard InChI is InChI=1S/C13H15ClN2O/c14-12-11(7-4-8-15-12)13(17)16-9-10-5-2-1-3-6-10/h1-2,4,7-8,10H,3,5-6,9H2,(H,16,17). The van der Waals surface area contributed by atoms with E-state index in [1.807, 2.05) is 0 Å². The van der Waals surface area contributed by atoms with Crippen LogP contribution in [-0.4, -0.2) is 17.4 Å². The number of nitrogens with zero attached hydrogens (tertiary/aromatic N) is 1. The first-order valence-corrected chi connectivity index (χ1v) is 6.19. The Hall–Kier alpha value is -1.35. The van der Waals surface area contributed by atoms with Gasteiger partial charge in [0.2, 0.25) is 0 Å². The van der Waals surface area contributed by atoms with Crippen LogP contribution in [0.25, 0.3) is 0 Å². The third kappa shape index (κ3) is 3.30. The number of amides is 1. The molecule has 1 N–H and O–H groups in total. The largest absolute Gasteiger partial charge is 0.352 e. The molecule has 1 heterocycles. The van der Waals surface area contributed by atoms with Crippen LogP contribution in [0.4, 0.5) is 0 Å². The minimum absolute atomic E-state index is 0.141. The fraction of sp³-hybridized carbons (Fsp3) is 0.385. The lowest BCUT2D eigenvalue weighted by molar-refractivity contribution is 0.0946. The number of carbonyl (C=O) groups is 1. The van der Waals surface area contributed by atoms with E-state index in [9.17, 15) is 4.79 Å². The summed E-state index contributed by atoms with van der Waals surface area (Å²) in [4.78, 5) is 15.7. The van der Waals surface area contributed by atoms with Crippen molar-refractivity contribution in [3.05, 3.63) is 41.2 Å². The Morgan fingerprint density at radius 2 is 2.41 bits per heavy atom. The molecule has 0 fully saturated rings. The first-order valence-electron chi connectivity index (χ1n) is 5.81. The number of hydrogen-bond acceptors (Lipinski definition) is 2. The molecule has 4 heteroatoms. The second kappa shape index (κ2) is 5.82. The molecule has 0 saturated heterocycles. The third-order valence-electron chi connectivity index (χ3n) is 2.93. The van der Waals surface area contributed by atoms with Gasteiger partial charge in [-0.05, 0) is 37.3 Å². The topological polar surface area (TPSA) is 42.0 Å². The van der Waals surface area contributed by atoms with Crippen molar-refractivity contribution in [2.75, 3.05) is 6.54 Å². The van der Waals surface area contributed by atoms with Gasteiger partial charge >= 0.3 is 0 Å². The first-order chi connectivity index (χ1) is 8.27. The molecule has 1 atom stereocenters. The van der Waals surface area contributed by atoms with E-state index in [0.717, 1.165) is 19.3 Å². The molecule has 0 bridgehead atoms. The van der Waals surface area contributed by atoms with E-state index in [1.54, 1.807) is 18.3 Å². The van der Waals surface area contributed by atoms with Crippen molar-refractivity contribution in [2.45, 2.75) is 19.3 Å². The van der Waals surface area contributed by atoms with Crippen LogP contribution in [0.2, 0.25) is 5.15 Å². The van der Waals surface area contributed by atoms with Gasteiger partial charge in [0.15, 0.2) is 0 Å². The maximum absolute atomic E-state index is 11.9. The molecule has 2 rings (SSSR count). The lowest BCUT2D eigenvalue weighted by Gasteiger charge is -2.18.